The Hall–Kier alpha value is -2.10. The van der Waals surface area contributed by atoms with Crippen molar-refractivity contribution in [3.05, 3.63) is 59.2 Å². The fourth-order valence-electron chi connectivity index (χ4n) is 5.17. The van der Waals surface area contributed by atoms with Crippen molar-refractivity contribution in [1.29, 1.82) is 0 Å². The zero-order valence-electron chi connectivity index (χ0n) is 23.1. The molecule has 1 fully saturated rings. The molecule has 3 rings (SSSR count). The first-order valence-electron chi connectivity index (χ1n) is 13.3. The van der Waals surface area contributed by atoms with E-state index >= 15 is 0 Å². The maximum Gasteiger partial charge on any atom is 1.00 e. The number of ether oxygens (including phenoxy) is 1. The van der Waals surface area contributed by atoms with E-state index < -0.39 is 17.9 Å². The Balaban J connectivity index is 0.00000481. The van der Waals surface area contributed by atoms with Crippen molar-refractivity contribution in [3.8, 4) is 11.1 Å². The van der Waals surface area contributed by atoms with E-state index in [0.29, 0.717) is 18.6 Å². The summed E-state index contributed by atoms with van der Waals surface area (Å²) in [6, 6.07) is 12.8. The molecule has 1 amide bonds. The van der Waals surface area contributed by atoms with Crippen LogP contribution in [0, 0.1) is 12.8 Å². The largest absolute Gasteiger partial charge is 1.00 e. The van der Waals surface area contributed by atoms with Crippen molar-refractivity contribution < 1.29 is 38.3 Å². The minimum Gasteiger partial charge on any atom is -0.548 e. The summed E-state index contributed by atoms with van der Waals surface area (Å²) in [5.74, 6) is -0.847. The Labute approximate surface area is 234 Å². The number of aryl methyl sites for hydroxylation is 1. The van der Waals surface area contributed by atoms with Gasteiger partial charge in [0, 0.05) is 25.8 Å². The molecule has 1 aliphatic carbocycles. The van der Waals surface area contributed by atoms with Crippen LogP contribution in [0.4, 0.5) is 0 Å². The molecule has 6 nitrogen and oxygen atoms in total. The zero-order chi connectivity index (χ0) is 25.9. The predicted octanol–water partition coefficient (Wildman–Crippen LogP) is 1.34. The Morgan fingerprint density at radius 3 is 2.51 bits per heavy atom. The summed E-state index contributed by atoms with van der Waals surface area (Å²) in [6.07, 6.45) is 8.82. The van der Waals surface area contributed by atoms with E-state index in [0.717, 1.165) is 41.3 Å². The van der Waals surface area contributed by atoms with E-state index in [-0.39, 0.29) is 25.3 Å². The van der Waals surface area contributed by atoms with Gasteiger partial charge in [0.1, 0.15) is 0 Å². The number of carbonyl (C=O) groups excluding carboxylic acids is 2. The summed E-state index contributed by atoms with van der Waals surface area (Å²) in [5.41, 5.74) is 4.45. The number of nitrogens with one attached hydrogen (secondary N) is 1. The van der Waals surface area contributed by atoms with Crippen LogP contribution in [-0.4, -0.2) is 50.1 Å². The molecule has 7 heteroatoms. The second-order valence-corrected chi connectivity index (χ2v) is 10.2. The van der Waals surface area contributed by atoms with Gasteiger partial charge in [-0.3, -0.25) is 4.79 Å². The molecule has 1 atom stereocenters. The maximum absolute atomic E-state index is 13.3. The quantitative estimate of drug-likeness (QED) is 0.332. The third-order valence-corrected chi connectivity index (χ3v) is 7.29. The Bertz CT molecular complexity index is 1010. The van der Waals surface area contributed by atoms with Crippen LogP contribution in [0.25, 0.3) is 11.1 Å². The van der Waals surface area contributed by atoms with Gasteiger partial charge in [-0.2, -0.15) is 0 Å². The van der Waals surface area contributed by atoms with Gasteiger partial charge < -0.3 is 24.9 Å². The molecule has 2 aromatic carbocycles. The van der Waals surface area contributed by atoms with Gasteiger partial charge in [-0.15, -0.1) is 0 Å². The first-order chi connectivity index (χ1) is 17.4. The zero-order valence-corrected chi connectivity index (χ0v) is 23.1. The van der Waals surface area contributed by atoms with Gasteiger partial charge in [-0.1, -0.05) is 62.4 Å². The van der Waals surface area contributed by atoms with Gasteiger partial charge in [0.2, 0.25) is 0 Å². The Kier molecular flexibility index (Phi) is 13.4. The molecule has 0 aromatic heterocycles. The number of carbonyl (C=O) groups is 2. The SMILES string of the molecule is COCCC[C@H](NC(=O)c1ccc(CN(C)CCC2CCCCC2)cc1-c1ccccc1C)C(=O)[O-].[Li+]. The number of carboxylic acids is 1. The summed E-state index contributed by atoms with van der Waals surface area (Å²) in [6.45, 7) is 4.30. The fraction of sp³-hybridized carbons (Fsp3) is 0.533. The molecule has 1 saturated carbocycles. The fourth-order valence-corrected chi connectivity index (χ4v) is 5.17. The van der Waals surface area contributed by atoms with Crippen molar-refractivity contribution in [2.45, 2.75) is 70.9 Å². The number of hydrogen-bond acceptors (Lipinski definition) is 5. The number of aliphatic carboxylic acids is 1. The van der Waals surface area contributed by atoms with Crippen LogP contribution in [0.2, 0.25) is 0 Å². The third-order valence-electron chi connectivity index (χ3n) is 7.29. The summed E-state index contributed by atoms with van der Waals surface area (Å²) >= 11 is 0. The van der Waals surface area contributed by atoms with Crippen LogP contribution in [0.15, 0.2) is 42.5 Å². The maximum atomic E-state index is 13.3. The average molecular weight is 501 g/mol. The number of amides is 1. The molecule has 1 aliphatic rings. The molecule has 0 spiro atoms. The first kappa shape index (κ1) is 31.1. The minimum atomic E-state index is -1.28. The van der Waals surface area contributed by atoms with Gasteiger partial charge >= 0.3 is 18.9 Å². The standard InChI is InChI=1S/C30H42N2O4.Li/c1-22-10-7-8-13-25(22)27-20-24(21-32(2)18-17-23-11-5-4-6-12-23)15-16-26(27)29(33)31-28(30(34)35)14-9-19-36-3;/h7-8,10,13,15-16,20,23,28H,4-6,9,11-12,14,17-19,21H2,1-3H3,(H,31,33)(H,34,35);/q;+1/p-1/t28-;/m0./s1. The molecular formula is C30H41LiN2O4. The number of hydrogen-bond donors (Lipinski definition) is 1. The van der Waals surface area contributed by atoms with Crippen LogP contribution >= 0.6 is 0 Å². The van der Waals surface area contributed by atoms with Crippen molar-refractivity contribution in [2.24, 2.45) is 5.92 Å². The van der Waals surface area contributed by atoms with Crippen molar-refractivity contribution in [3.63, 3.8) is 0 Å². The summed E-state index contributed by atoms with van der Waals surface area (Å²) < 4.78 is 5.02. The van der Waals surface area contributed by atoms with Crippen LogP contribution < -0.4 is 29.3 Å². The normalized spacial score (nSPS) is 14.7. The van der Waals surface area contributed by atoms with E-state index in [9.17, 15) is 14.7 Å². The van der Waals surface area contributed by atoms with E-state index in [2.05, 4.69) is 23.3 Å². The summed E-state index contributed by atoms with van der Waals surface area (Å²) in [5, 5.41) is 14.3. The van der Waals surface area contributed by atoms with Crippen molar-refractivity contribution >= 4 is 11.9 Å². The second-order valence-electron chi connectivity index (χ2n) is 10.2. The molecule has 0 heterocycles. The second kappa shape index (κ2) is 16.0. The average Bonchev–Trinajstić information content (AvgIpc) is 2.87. The first-order valence-corrected chi connectivity index (χ1v) is 13.3. The number of methoxy groups -OCH3 is 1. The predicted molar refractivity (Wildman–Crippen MR) is 142 cm³/mol. The third kappa shape index (κ3) is 9.61. The smallest absolute Gasteiger partial charge is 0.548 e. The molecule has 0 bridgehead atoms. The molecule has 37 heavy (non-hydrogen) atoms. The van der Waals surface area contributed by atoms with E-state index in [1.807, 2.05) is 43.3 Å². The molecule has 2 aromatic rings. The number of rotatable bonds is 13. The van der Waals surface area contributed by atoms with Gasteiger partial charge in [-0.25, -0.2) is 0 Å². The summed E-state index contributed by atoms with van der Waals surface area (Å²) in [4.78, 5) is 27.3. The Morgan fingerprint density at radius 1 is 1.11 bits per heavy atom. The van der Waals surface area contributed by atoms with Crippen molar-refractivity contribution in [1.82, 2.24) is 10.2 Å². The van der Waals surface area contributed by atoms with Crippen LogP contribution in [0.3, 0.4) is 0 Å². The van der Waals surface area contributed by atoms with Gasteiger partial charge in [0.05, 0.1) is 12.0 Å². The van der Waals surface area contributed by atoms with E-state index in [1.165, 1.54) is 38.5 Å². The molecular weight excluding hydrogens is 459 g/mol. The van der Waals surface area contributed by atoms with E-state index in [4.69, 9.17) is 4.74 Å². The van der Waals surface area contributed by atoms with Gasteiger partial charge in [0.25, 0.3) is 5.91 Å². The monoisotopic (exact) mass is 500 g/mol. The molecule has 0 unspecified atom stereocenters. The van der Waals surface area contributed by atoms with E-state index in [1.54, 1.807) is 7.11 Å². The summed E-state index contributed by atoms with van der Waals surface area (Å²) in [7, 11) is 3.72. The molecule has 0 radical (unpaired) electrons. The topological polar surface area (TPSA) is 81.7 Å². The molecule has 0 aliphatic heterocycles. The minimum absolute atomic E-state index is 0. The number of nitrogens with zero attached hydrogens (tertiary/aromatic N) is 1. The van der Waals surface area contributed by atoms with Crippen LogP contribution in [0.1, 0.15) is 72.9 Å². The van der Waals surface area contributed by atoms with Crippen molar-refractivity contribution in [2.75, 3.05) is 27.3 Å². The number of carboxylic acid groups (broad SMARTS) is 1. The molecule has 0 saturated heterocycles. The van der Waals surface area contributed by atoms with Gasteiger partial charge in [0.15, 0.2) is 0 Å². The van der Waals surface area contributed by atoms with Gasteiger partial charge in [-0.05, 0) is 80.1 Å². The number of benzene rings is 2. The van der Waals surface area contributed by atoms with Crippen LogP contribution in [-0.2, 0) is 16.1 Å². The van der Waals surface area contributed by atoms with Crippen LogP contribution in [0.5, 0.6) is 0 Å². The Morgan fingerprint density at radius 2 is 1.84 bits per heavy atom. The molecule has 196 valence electrons. The molecule has 1 N–H and O–H groups in total.